The van der Waals surface area contributed by atoms with Crippen LogP contribution in [0.15, 0.2) is 48.5 Å². The normalized spacial score (nSPS) is 10.3. The first-order valence-corrected chi connectivity index (χ1v) is 6.71. The zero-order valence-corrected chi connectivity index (χ0v) is 12.2. The molecule has 0 unspecified atom stereocenters. The maximum absolute atomic E-state index is 12.3. The molecule has 0 saturated heterocycles. The van der Waals surface area contributed by atoms with Crippen LogP contribution >= 0.6 is 23.8 Å². The highest BCUT2D eigenvalue weighted by Crippen LogP contribution is 2.26. The Morgan fingerprint density at radius 2 is 1.57 bits per heavy atom. The van der Waals surface area contributed by atoms with Gasteiger partial charge in [-0.3, -0.25) is 0 Å². The summed E-state index contributed by atoms with van der Waals surface area (Å²) in [6.07, 6.45) is 0. The van der Waals surface area contributed by atoms with Gasteiger partial charge in [-0.15, -0.1) is 0 Å². The van der Waals surface area contributed by atoms with Crippen molar-refractivity contribution < 1.29 is 13.5 Å². The summed E-state index contributed by atoms with van der Waals surface area (Å²) in [6, 6.07) is 13.3. The van der Waals surface area contributed by atoms with Crippen molar-refractivity contribution in [1.29, 1.82) is 0 Å². The minimum atomic E-state index is -2.90. The summed E-state index contributed by atoms with van der Waals surface area (Å²) in [6.45, 7) is -2.90. The smallest absolute Gasteiger partial charge is 0.387 e. The molecular weight excluding hydrogens is 318 g/mol. The highest BCUT2D eigenvalue weighted by atomic mass is 35.5. The minimum Gasteiger partial charge on any atom is -0.433 e. The van der Waals surface area contributed by atoms with Crippen molar-refractivity contribution in [3.63, 3.8) is 0 Å². The van der Waals surface area contributed by atoms with Crippen molar-refractivity contribution in [3.8, 4) is 5.75 Å². The van der Waals surface area contributed by atoms with E-state index in [9.17, 15) is 8.78 Å². The lowest BCUT2D eigenvalue weighted by Crippen LogP contribution is -2.20. The molecule has 2 aromatic carbocycles. The molecule has 0 aliphatic heterocycles. The second-order valence-electron chi connectivity index (χ2n) is 3.93. The van der Waals surface area contributed by atoms with Gasteiger partial charge in [-0.1, -0.05) is 35.9 Å². The first kappa shape index (κ1) is 15.5. The summed E-state index contributed by atoms with van der Waals surface area (Å²) in [5.74, 6) is 0.0100. The number of halogens is 3. The Bertz CT molecular complexity index is 640. The number of hydrogen-bond donors (Lipinski definition) is 2. The highest BCUT2D eigenvalue weighted by molar-refractivity contribution is 7.80. The highest BCUT2D eigenvalue weighted by Gasteiger charge is 2.10. The van der Waals surface area contributed by atoms with Crippen LogP contribution < -0.4 is 15.4 Å². The van der Waals surface area contributed by atoms with Gasteiger partial charge in [0, 0.05) is 0 Å². The lowest BCUT2D eigenvalue weighted by Gasteiger charge is -2.14. The molecule has 2 rings (SSSR count). The van der Waals surface area contributed by atoms with Crippen molar-refractivity contribution in [3.05, 3.63) is 53.6 Å². The van der Waals surface area contributed by atoms with Crippen molar-refractivity contribution >= 4 is 40.3 Å². The second-order valence-corrected chi connectivity index (χ2v) is 4.75. The monoisotopic (exact) mass is 328 g/mol. The van der Waals surface area contributed by atoms with Gasteiger partial charge in [0.15, 0.2) is 5.11 Å². The quantitative estimate of drug-likeness (QED) is 0.793. The van der Waals surface area contributed by atoms with Crippen LogP contribution in [0.25, 0.3) is 0 Å². The van der Waals surface area contributed by atoms with E-state index in [1.807, 2.05) is 0 Å². The van der Waals surface area contributed by atoms with Crippen molar-refractivity contribution in [1.82, 2.24) is 0 Å². The van der Waals surface area contributed by atoms with Gasteiger partial charge in [0.05, 0.1) is 16.4 Å². The Labute approximate surface area is 130 Å². The zero-order valence-electron chi connectivity index (χ0n) is 10.6. The first-order chi connectivity index (χ1) is 10.1. The van der Waals surface area contributed by atoms with Crippen molar-refractivity contribution in [2.45, 2.75) is 6.61 Å². The molecule has 110 valence electrons. The second kappa shape index (κ2) is 7.19. The van der Waals surface area contributed by atoms with E-state index in [4.69, 9.17) is 23.8 Å². The Morgan fingerprint density at radius 3 is 2.24 bits per heavy atom. The number of hydrogen-bond acceptors (Lipinski definition) is 2. The van der Waals surface area contributed by atoms with Gasteiger partial charge in [-0.05, 0) is 36.5 Å². The largest absolute Gasteiger partial charge is 0.433 e. The molecule has 0 saturated carbocycles. The molecule has 0 spiro atoms. The van der Waals surface area contributed by atoms with E-state index in [1.54, 1.807) is 42.5 Å². The summed E-state index contributed by atoms with van der Waals surface area (Å²) in [5.41, 5.74) is 0.950. The number of nitrogens with one attached hydrogen (secondary N) is 2. The van der Waals surface area contributed by atoms with Crippen molar-refractivity contribution in [2.24, 2.45) is 0 Å². The molecule has 0 fully saturated rings. The van der Waals surface area contributed by atoms with Gasteiger partial charge >= 0.3 is 6.61 Å². The molecule has 21 heavy (non-hydrogen) atoms. The fourth-order valence-corrected chi connectivity index (χ4v) is 2.01. The van der Waals surface area contributed by atoms with Gasteiger partial charge < -0.3 is 15.4 Å². The number of rotatable bonds is 4. The Kier molecular flexibility index (Phi) is 5.30. The van der Waals surface area contributed by atoms with E-state index in [1.165, 1.54) is 6.07 Å². The van der Waals surface area contributed by atoms with Gasteiger partial charge in [0.2, 0.25) is 0 Å². The summed E-state index contributed by atoms with van der Waals surface area (Å²) >= 11 is 11.1. The molecule has 2 aromatic rings. The van der Waals surface area contributed by atoms with Crippen LogP contribution in [0, 0.1) is 0 Å². The predicted molar refractivity (Wildman–Crippen MR) is 84.4 cm³/mol. The van der Waals surface area contributed by atoms with E-state index >= 15 is 0 Å². The van der Waals surface area contributed by atoms with Gasteiger partial charge in [0.1, 0.15) is 5.75 Å². The average molecular weight is 329 g/mol. The third-order valence-corrected chi connectivity index (χ3v) is 3.01. The third kappa shape index (κ3) is 4.54. The SMILES string of the molecule is FC(F)Oc1ccccc1NC(=S)Nc1ccccc1Cl. The molecule has 0 radical (unpaired) electrons. The van der Waals surface area contributed by atoms with E-state index in [0.29, 0.717) is 16.4 Å². The molecule has 3 nitrogen and oxygen atoms in total. The topological polar surface area (TPSA) is 33.3 Å². The first-order valence-electron chi connectivity index (χ1n) is 5.92. The van der Waals surface area contributed by atoms with E-state index in [-0.39, 0.29) is 10.9 Å². The van der Waals surface area contributed by atoms with Crippen molar-refractivity contribution in [2.75, 3.05) is 10.6 Å². The number of thiocarbonyl (C=S) groups is 1. The van der Waals surface area contributed by atoms with Crippen LogP contribution in [0.4, 0.5) is 20.2 Å². The Hall–Kier alpha value is -1.92. The van der Waals surface area contributed by atoms with Gasteiger partial charge in [-0.25, -0.2) is 0 Å². The Morgan fingerprint density at radius 1 is 1.00 bits per heavy atom. The minimum absolute atomic E-state index is 0.0100. The van der Waals surface area contributed by atoms with Crippen LogP contribution in [-0.4, -0.2) is 11.7 Å². The van der Waals surface area contributed by atoms with Crippen LogP contribution in [0.1, 0.15) is 0 Å². The van der Waals surface area contributed by atoms with E-state index < -0.39 is 6.61 Å². The molecule has 0 bridgehead atoms. The Balaban J connectivity index is 2.08. The van der Waals surface area contributed by atoms with Crippen LogP contribution in [0.5, 0.6) is 5.75 Å². The lowest BCUT2D eigenvalue weighted by atomic mass is 10.3. The fraction of sp³-hybridized carbons (Fsp3) is 0.0714. The number of ether oxygens (including phenoxy) is 1. The molecule has 0 aromatic heterocycles. The van der Waals surface area contributed by atoms with Crippen LogP contribution in [0.3, 0.4) is 0 Å². The number of alkyl halides is 2. The standard InChI is InChI=1S/C14H11ClF2N2OS/c15-9-5-1-2-6-10(9)18-14(21)19-11-7-3-4-8-12(11)20-13(16)17/h1-8,13H,(H2,18,19,21). The molecule has 0 aliphatic carbocycles. The predicted octanol–water partition coefficient (Wildman–Crippen LogP) is 4.75. The number of anilines is 2. The lowest BCUT2D eigenvalue weighted by molar-refractivity contribution is -0.0493. The summed E-state index contributed by atoms with van der Waals surface area (Å²) in [5, 5.41) is 6.39. The third-order valence-electron chi connectivity index (χ3n) is 2.47. The average Bonchev–Trinajstić information content (AvgIpc) is 2.43. The molecule has 0 aliphatic rings. The molecule has 0 heterocycles. The van der Waals surface area contributed by atoms with E-state index in [2.05, 4.69) is 15.4 Å². The molecule has 0 atom stereocenters. The molecular formula is C14H11ClF2N2OS. The summed E-state index contributed by atoms with van der Waals surface area (Å²) < 4.78 is 29.1. The van der Waals surface area contributed by atoms with E-state index in [0.717, 1.165) is 0 Å². The van der Waals surface area contributed by atoms with Crippen LogP contribution in [0.2, 0.25) is 5.02 Å². The summed E-state index contributed by atoms with van der Waals surface area (Å²) in [7, 11) is 0. The van der Waals surface area contributed by atoms with Gasteiger partial charge in [-0.2, -0.15) is 8.78 Å². The van der Waals surface area contributed by atoms with Gasteiger partial charge in [0.25, 0.3) is 0 Å². The molecule has 2 N–H and O–H groups in total. The number of para-hydroxylation sites is 3. The summed E-state index contributed by atoms with van der Waals surface area (Å²) in [4.78, 5) is 0. The fourth-order valence-electron chi connectivity index (χ4n) is 1.61. The molecule has 7 heteroatoms. The number of benzene rings is 2. The molecule has 0 amide bonds. The maximum atomic E-state index is 12.3. The van der Waals surface area contributed by atoms with Crippen LogP contribution in [-0.2, 0) is 0 Å². The maximum Gasteiger partial charge on any atom is 0.387 e. The zero-order chi connectivity index (χ0) is 15.2.